The summed E-state index contributed by atoms with van der Waals surface area (Å²) >= 11 is 1.22. The Morgan fingerprint density at radius 3 is 2.69 bits per heavy atom. The van der Waals surface area contributed by atoms with Crippen molar-refractivity contribution in [3.05, 3.63) is 57.8 Å². The quantitative estimate of drug-likeness (QED) is 0.457. The van der Waals surface area contributed by atoms with Crippen LogP contribution in [-0.4, -0.2) is 31.2 Å². The number of ether oxygens (including phenoxy) is 2. The van der Waals surface area contributed by atoms with Crippen molar-refractivity contribution in [2.45, 2.75) is 6.92 Å². The number of esters is 1. The molecule has 0 unspecified atom stereocenters. The molecule has 0 bridgehead atoms. The molecule has 0 aliphatic carbocycles. The molecule has 136 valence electrons. The first-order valence-electron chi connectivity index (χ1n) is 7.65. The fourth-order valence-corrected chi connectivity index (χ4v) is 3.04. The molecule has 0 aliphatic rings. The van der Waals surface area contributed by atoms with Crippen molar-refractivity contribution >= 4 is 35.0 Å². The van der Waals surface area contributed by atoms with Gasteiger partial charge < -0.3 is 19.9 Å². The Kier molecular flexibility index (Phi) is 6.57. The van der Waals surface area contributed by atoms with Gasteiger partial charge in [0.05, 0.1) is 19.9 Å². The second-order valence-electron chi connectivity index (χ2n) is 5.25. The van der Waals surface area contributed by atoms with Crippen molar-refractivity contribution in [3.63, 3.8) is 0 Å². The zero-order valence-corrected chi connectivity index (χ0v) is 15.4. The smallest absolute Gasteiger partial charge is 0.350 e. The number of carbonyl (C=O) groups is 2. The first kappa shape index (κ1) is 19.3. The molecule has 0 fully saturated rings. The number of anilines is 1. The van der Waals surface area contributed by atoms with E-state index < -0.39 is 5.97 Å². The van der Waals surface area contributed by atoms with E-state index in [0.717, 1.165) is 11.1 Å². The molecule has 26 heavy (non-hydrogen) atoms. The van der Waals surface area contributed by atoms with Gasteiger partial charge in [-0.25, -0.2) is 4.79 Å². The van der Waals surface area contributed by atoms with Crippen LogP contribution in [0.1, 0.15) is 20.8 Å². The average molecular weight is 373 g/mol. The molecule has 7 heteroatoms. The van der Waals surface area contributed by atoms with Crippen molar-refractivity contribution in [1.29, 1.82) is 0 Å². The number of phenols is 1. The van der Waals surface area contributed by atoms with Crippen LogP contribution in [0.15, 0.2) is 41.8 Å². The Morgan fingerprint density at radius 1 is 1.23 bits per heavy atom. The fourth-order valence-electron chi connectivity index (χ4n) is 2.11. The van der Waals surface area contributed by atoms with E-state index >= 15 is 0 Å². The number of rotatable bonds is 6. The summed E-state index contributed by atoms with van der Waals surface area (Å²) in [5.41, 5.74) is 2.07. The van der Waals surface area contributed by atoms with Gasteiger partial charge >= 0.3 is 5.97 Å². The van der Waals surface area contributed by atoms with Crippen LogP contribution in [0.3, 0.4) is 0 Å². The molecular weight excluding hydrogens is 354 g/mol. The third-order valence-corrected chi connectivity index (χ3v) is 4.52. The monoisotopic (exact) mass is 373 g/mol. The minimum atomic E-state index is -0.483. The fraction of sp³-hybridized carbons (Fsp3) is 0.158. The lowest BCUT2D eigenvalue weighted by Gasteiger charge is -2.04. The Balaban J connectivity index is 2.02. The summed E-state index contributed by atoms with van der Waals surface area (Å²) in [7, 11) is 2.77. The number of phenolic OH excluding ortho intramolecular Hbond substituents is 1. The van der Waals surface area contributed by atoms with E-state index in [1.807, 2.05) is 0 Å². The van der Waals surface area contributed by atoms with E-state index in [9.17, 15) is 14.7 Å². The maximum absolute atomic E-state index is 12.0. The summed E-state index contributed by atoms with van der Waals surface area (Å²) < 4.78 is 9.75. The molecule has 0 spiro atoms. The highest BCUT2D eigenvalue weighted by atomic mass is 32.1. The van der Waals surface area contributed by atoms with Crippen LogP contribution in [0.25, 0.3) is 6.08 Å². The molecule has 0 aliphatic heterocycles. The highest BCUT2D eigenvalue weighted by Gasteiger charge is 2.17. The molecule has 1 aromatic heterocycles. The van der Waals surface area contributed by atoms with Gasteiger partial charge in [0.25, 0.3) is 0 Å². The molecule has 1 heterocycles. The van der Waals surface area contributed by atoms with E-state index in [1.165, 1.54) is 37.7 Å². The topological polar surface area (TPSA) is 84.9 Å². The summed E-state index contributed by atoms with van der Waals surface area (Å²) in [6.45, 7) is 1.81. The van der Waals surface area contributed by atoms with E-state index in [2.05, 4.69) is 5.32 Å². The normalized spacial score (nSPS) is 11.0. The molecule has 0 saturated heterocycles. The molecule has 2 rings (SSSR count). The van der Waals surface area contributed by atoms with Crippen LogP contribution >= 0.6 is 11.3 Å². The zero-order valence-electron chi connectivity index (χ0n) is 14.6. The Labute approximate surface area is 155 Å². The number of benzene rings is 1. The minimum absolute atomic E-state index is 0.0621. The lowest BCUT2D eigenvalue weighted by atomic mass is 10.2. The Bertz CT molecular complexity index is 867. The van der Waals surface area contributed by atoms with Gasteiger partial charge in [-0.1, -0.05) is 24.3 Å². The predicted molar refractivity (Wildman–Crippen MR) is 102 cm³/mol. The first-order chi connectivity index (χ1) is 12.5. The van der Waals surface area contributed by atoms with Gasteiger partial charge in [-0.15, -0.1) is 11.3 Å². The largest absolute Gasteiger partial charge is 0.504 e. The number of hydrogen-bond donors (Lipinski definition) is 2. The molecule has 1 aromatic carbocycles. The van der Waals surface area contributed by atoms with Crippen LogP contribution in [-0.2, 0) is 9.53 Å². The highest BCUT2D eigenvalue weighted by Crippen LogP contribution is 2.28. The van der Waals surface area contributed by atoms with Crippen molar-refractivity contribution in [3.8, 4) is 11.5 Å². The summed E-state index contributed by atoms with van der Waals surface area (Å²) in [4.78, 5) is 24.1. The van der Waals surface area contributed by atoms with Crippen LogP contribution < -0.4 is 10.1 Å². The Hall–Kier alpha value is -3.06. The van der Waals surface area contributed by atoms with Crippen molar-refractivity contribution in [2.24, 2.45) is 0 Å². The van der Waals surface area contributed by atoms with E-state index in [0.29, 0.717) is 16.3 Å². The van der Waals surface area contributed by atoms with Crippen molar-refractivity contribution in [1.82, 2.24) is 0 Å². The number of allylic oxidation sites excluding steroid dienone is 2. The van der Waals surface area contributed by atoms with Crippen LogP contribution in [0.5, 0.6) is 11.5 Å². The summed E-state index contributed by atoms with van der Waals surface area (Å²) in [5, 5.41) is 14.0. The first-order valence-corrected chi connectivity index (χ1v) is 8.53. The molecule has 0 radical (unpaired) electrons. The maximum Gasteiger partial charge on any atom is 0.350 e. The molecule has 2 aromatic rings. The van der Waals surface area contributed by atoms with E-state index in [-0.39, 0.29) is 11.7 Å². The van der Waals surface area contributed by atoms with Crippen LogP contribution in [0.4, 0.5) is 5.69 Å². The standard InChI is InChI=1S/C19H19NO5S/c1-12-11-26-18(19(23)25-3)17(12)20-16(22)7-5-4-6-13-8-9-14(21)15(10-13)24-2/h4-11,21H,1-3H3,(H,20,22)/b6-4+,7-5+. The number of methoxy groups -OCH3 is 2. The van der Waals surface area contributed by atoms with E-state index in [4.69, 9.17) is 9.47 Å². The third-order valence-electron chi connectivity index (χ3n) is 3.45. The van der Waals surface area contributed by atoms with Gasteiger partial charge in [-0.05, 0) is 35.6 Å². The molecule has 1 amide bonds. The number of thiophene rings is 1. The zero-order chi connectivity index (χ0) is 19.1. The summed E-state index contributed by atoms with van der Waals surface area (Å²) in [6.07, 6.45) is 6.38. The molecule has 2 N–H and O–H groups in total. The second-order valence-corrected chi connectivity index (χ2v) is 6.13. The highest BCUT2D eigenvalue weighted by molar-refractivity contribution is 7.12. The van der Waals surface area contributed by atoms with Gasteiger partial charge in [0.2, 0.25) is 5.91 Å². The number of hydrogen-bond acceptors (Lipinski definition) is 6. The number of amides is 1. The predicted octanol–water partition coefficient (Wildman–Crippen LogP) is 3.77. The van der Waals surface area contributed by atoms with Gasteiger partial charge in [-0.2, -0.15) is 0 Å². The third kappa shape index (κ3) is 4.73. The number of nitrogens with one attached hydrogen (secondary N) is 1. The van der Waals surface area contributed by atoms with E-state index in [1.54, 1.807) is 42.7 Å². The van der Waals surface area contributed by atoms with Crippen LogP contribution in [0, 0.1) is 6.92 Å². The van der Waals surface area contributed by atoms with Gasteiger partial charge in [0.1, 0.15) is 4.88 Å². The summed E-state index contributed by atoms with van der Waals surface area (Å²) in [5.74, 6) is -0.405. The minimum Gasteiger partial charge on any atom is -0.504 e. The lowest BCUT2D eigenvalue weighted by molar-refractivity contribution is -0.111. The van der Waals surface area contributed by atoms with Gasteiger partial charge in [0, 0.05) is 6.08 Å². The maximum atomic E-state index is 12.0. The number of aromatic hydroxyl groups is 1. The molecule has 0 saturated carbocycles. The second kappa shape index (κ2) is 8.87. The van der Waals surface area contributed by atoms with Gasteiger partial charge in [-0.3, -0.25) is 4.79 Å². The van der Waals surface area contributed by atoms with Gasteiger partial charge in [0.15, 0.2) is 11.5 Å². The number of carbonyl (C=O) groups excluding carboxylic acids is 2. The summed E-state index contributed by atoms with van der Waals surface area (Å²) in [6, 6.07) is 4.93. The van der Waals surface area contributed by atoms with Crippen LogP contribution in [0.2, 0.25) is 0 Å². The molecular formula is C19H19NO5S. The Morgan fingerprint density at radius 2 is 2.00 bits per heavy atom. The average Bonchev–Trinajstić information content (AvgIpc) is 2.99. The molecule has 0 atom stereocenters. The lowest BCUT2D eigenvalue weighted by Crippen LogP contribution is -2.11. The van der Waals surface area contributed by atoms with Crippen molar-refractivity contribution < 1.29 is 24.2 Å². The van der Waals surface area contributed by atoms with Crippen molar-refractivity contribution in [2.75, 3.05) is 19.5 Å². The SMILES string of the molecule is COC(=O)c1scc(C)c1NC(=O)/C=C/C=C/c1ccc(O)c(OC)c1. The number of aryl methyl sites for hydroxylation is 1. The molecule has 6 nitrogen and oxygen atoms in total.